The molecule has 2 heterocycles. The van der Waals surface area contributed by atoms with Crippen molar-refractivity contribution >= 4 is 17.2 Å². The van der Waals surface area contributed by atoms with Gasteiger partial charge in [-0.25, -0.2) is 4.98 Å². The van der Waals surface area contributed by atoms with Gasteiger partial charge in [-0.1, -0.05) is 6.07 Å². The normalized spacial score (nSPS) is 14.2. The van der Waals surface area contributed by atoms with Gasteiger partial charge in [0.05, 0.1) is 10.4 Å². The van der Waals surface area contributed by atoms with Crippen molar-refractivity contribution in [3.05, 3.63) is 29.9 Å². The summed E-state index contributed by atoms with van der Waals surface area (Å²) < 4.78 is 2.05. The minimum Gasteiger partial charge on any atom is -0.368 e. The Bertz CT molecular complexity index is 549. The van der Waals surface area contributed by atoms with Gasteiger partial charge in [0.1, 0.15) is 5.82 Å². The summed E-state index contributed by atoms with van der Waals surface area (Å²) in [5.74, 6) is 0.589. The van der Waals surface area contributed by atoms with Gasteiger partial charge in [-0.05, 0) is 31.8 Å². The second kappa shape index (κ2) is 5.54. The van der Waals surface area contributed by atoms with Crippen LogP contribution in [-0.4, -0.2) is 28.0 Å². The molecule has 0 aliphatic heterocycles. The zero-order valence-electron chi connectivity index (χ0n) is 11.1. The Morgan fingerprint density at radius 1 is 1.63 bits per heavy atom. The highest BCUT2D eigenvalue weighted by atomic mass is 32.1. The first-order chi connectivity index (χ1) is 9.07. The van der Waals surface area contributed by atoms with E-state index in [0.29, 0.717) is 13.0 Å². The molecule has 0 spiro atoms. The Labute approximate surface area is 116 Å². The molecule has 1 atom stereocenters. The highest BCUT2D eigenvalue weighted by Crippen LogP contribution is 2.23. The molecule has 1 unspecified atom stereocenters. The first-order valence-corrected chi connectivity index (χ1v) is 6.98. The van der Waals surface area contributed by atoms with Gasteiger partial charge in [-0.2, -0.15) is 0 Å². The summed E-state index contributed by atoms with van der Waals surface area (Å²) in [6, 6.07) is 4.04. The van der Waals surface area contributed by atoms with E-state index in [1.54, 1.807) is 24.6 Å². The fourth-order valence-electron chi connectivity index (χ4n) is 1.84. The number of hydrogen-bond acceptors (Lipinski definition) is 4. The first-order valence-electron chi connectivity index (χ1n) is 6.10. The van der Waals surface area contributed by atoms with E-state index in [9.17, 15) is 4.79 Å². The maximum atomic E-state index is 11.5. The largest absolute Gasteiger partial charge is 0.368 e. The molecule has 3 N–H and O–H groups in total. The highest BCUT2D eigenvalue weighted by molar-refractivity contribution is 7.13. The van der Waals surface area contributed by atoms with Crippen LogP contribution in [0.4, 0.5) is 0 Å². The molecule has 19 heavy (non-hydrogen) atoms. The van der Waals surface area contributed by atoms with E-state index >= 15 is 0 Å². The average Bonchev–Trinajstić information content (AvgIpc) is 3.05. The number of nitrogens with zero attached hydrogens (tertiary/aromatic N) is 2. The number of aryl methyl sites for hydroxylation is 1. The fraction of sp³-hybridized carbons (Fsp3) is 0.385. The van der Waals surface area contributed by atoms with Crippen molar-refractivity contribution in [3.63, 3.8) is 0 Å². The third-order valence-electron chi connectivity index (χ3n) is 3.41. The van der Waals surface area contributed by atoms with Gasteiger partial charge in [0.2, 0.25) is 5.91 Å². The van der Waals surface area contributed by atoms with Crippen molar-refractivity contribution in [1.29, 1.82) is 0 Å². The molecule has 0 fully saturated rings. The van der Waals surface area contributed by atoms with E-state index in [2.05, 4.69) is 10.3 Å². The van der Waals surface area contributed by atoms with Crippen LogP contribution in [-0.2, 0) is 11.3 Å². The second-order valence-corrected chi connectivity index (χ2v) is 5.57. The van der Waals surface area contributed by atoms with Crippen LogP contribution in [0.2, 0.25) is 0 Å². The van der Waals surface area contributed by atoms with Gasteiger partial charge in [-0.15, -0.1) is 11.3 Å². The SMILES string of the molecule is CNC(C)(CCn1ccnc1-c1cccs1)C(N)=O. The maximum Gasteiger partial charge on any atom is 0.237 e. The molecule has 0 radical (unpaired) electrons. The zero-order valence-corrected chi connectivity index (χ0v) is 11.9. The lowest BCUT2D eigenvalue weighted by atomic mass is 9.97. The minimum atomic E-state index is -0.697. The number of carbonyl (C=O) groups excluding carboxylic acids is 1. The molecule has 0 aromatic carbocycles. The van der Waals surface area contributed by atoms with E-state index in [1.165, 1.54) is 0 Å². The molecule has 0 saturated heterocycles. The molecule has 1 amide bonds. The van der Waals surface area contributed by atoms with Crippen molar-refractivity contribution in [2.24, 2.45) is 5.73 Å². The van der Waals surface area contributed by atoms with Crippen LogP contribution in [0.1, 0.15) is 13.3 Å². The number of aromatic nitrogens is 2. The number of nitrogens with one attached hydrogen (secondary N) is 1. The number of primary amides is 1. The molecular formula is C13H18N4OS. The van der Waals surface area contributed by atoms with Crippen LogP contribution in [0, 0.1) is 0 Å². The van der Waals surface area contributed by atoms with Crippen LogP contribution in [0.3, 0.4) is 0 Å². The summed E-state index contributed by atoms with van der Waals surface area (Å²) in [7, 11) is 1.75. The molecule has 102 valence electrons. The van der Waals surface area contributed by atoms with E-state index in [0.717, 1.165) is 10.7 Å². The van der Waals surface area contributed by atoms with Gasteiger partial charge in [-0.3, -0.25) is 4.79 Å². The number of amides is 1. The van der Waals surface area contributed by atoms with Crippen LogP contribution in [0.25, 0.3) is 10.7 Å². The summed E-state index contributed by atoms with van der Waals surface area (Å²) >= 11 is 1.65. The lowest BCUT2D eigenvalue weighted by Gasteiger charge is -2.25. The summed E-state index contributed by atoms with van der Waals surface area (Å²) in [4.78, 5) is 16.9. The van der Waals surface area contributed by atoms with Crippen molar-refractivity contribution in [3.8, 4) is 10.7 Å². The second-order valence-electron chi connectivity index (χ2n) is 4.62. The predicted octanol–water partition coefficient (Wildman–Crippen LogP) is 1.47. The van der Waals surface area contributed by atoms with Crippen LogP contribution < -0.4 is 11.1 Å². The summed E-state index contributed by atoms with van der Waals surface area (Å²) in [5, 5.41) is 5.01. The molecular weight excluding hydrogens is 260 g/mol. The zero-order chi connectivity index (χ0) is 13.9. The van der Waals surface area contributed by atoms with Crippen molar-refractivity contribution in [1.82, 2.24) is 14.9 Å². The molecule has 0 aliphatic carbocycles. The van der Waals surface area contributed by atoms with Crippen LogP contribution in [0.5, 0.6) is 0 Å². The Kier molecular flexibility index (Phi) is 4.01. The number of nitrogens with two attached hydrogens (primary N) is 1. The number of rotatable bonds is 6. The van der Waals surface area contributed by atoms with E-state index < -0.39 is 5.54 Å². The van der Waals surface area contributed by atoms with Crippen LogP contribution >= 0.6 is 11.3 Å². The predicted molar refractivity (Wildman–Crippen MR) is 76.8 cm³/mol. The standard InChI is InChI=1S/C13H18N4OS/c1-13(15-2,12(14)18)5-7-17-8-6-16-11(17)10-4-3-9-19-10/h3-4,6,8-9,15H,5,7H2,1-2H3,(H2,14,18). The lowest BCUT2D eigenvalue weighted by Crippen LogP contribution is -2.52. The smallest absolute Gasteiger partial charge is 0.237 e. The Morgan fingerprint density at radius 2 is 2.42 bits per heavy atom. The van der Waals surface area contributed by atoms with Crippen LogP contribution in [0.15, 0.2) is 29.9 Å². The van der Waals surface area contributed by atoms with E-state index in [-0.39, 0.29) is 5.91 Å². The van der Waals surface area contributed by atoms with Gasteiger partial charge >= 0.3 is 0 Å². The number of thiophene rings is 1. The summed E-state index contributed by atoms with van der Waals surface area (Å²) in [6.07, 6.45) is 4.32. The van der Waals surface area contributed by atoms with Gasteiger partial charge < -0.3 is 15.6 Å². The number of hydrogen-bond donors (Lipinski definition) is 2. The maximum absolute atomic E-state index is 11.5. The van der Waals surface area contributed by atoms with Crippen molar-refractivity contribution < 1.29 is 4.79 Å². The van der Waals surface area contributed by atoms with Gasteiger partial charge in [0.25, 0.3) is 0 Å². The fourth-order valence-corrected chi connectivity index (χ4v) is 2.57. The molecule has 2 aromatic rings. The molecule has 2 aromatic heterocycles. The Hall–Kier alpha value is -1.66. The minimum absolute atomic E-state index is 0.340. The number of likely N-dealkylation sites (N-methyl/N-ethyl adjacent to an activating group) is 1. The molecule has 2 rings (SSSR count). The van der Waals surface area contributed by atoms with E-state index in [4.69, 9.17) is 5.73 Å². The highest BCUT2D eigenvalue weighted by Gasteiger charge is 2.28. The third-order valence-corrected chi connectivity index (χ3v) is 4.27. The average molecular weight is 278 g/mol. The van der Waals surface area contributed by atoms with Crippen molar-refractivity contribution in [2.45, 2.75) is 25.4 Å². The van der Waals surface area contributed by atoms with Gasteiger partial charge in [0, 0.05) is 18.9 Å². The molecule has 0 saturated carbocycles. The number of imidazole rings is 1. The van der Waals surface area contributed by atoms with Gasteiger partial charge in [0.15, 0.2) is 0 Å². The molecule has 5 nitrogen and oxygen atoms in total. The monoisotopic (exact) mass is 278 g/mol. The first kappa shape index (κ1) is 13.8. The Balaban J connectivity index is 2.13. The number of carbonyl (C=O) groups is 1. The third kappa shape index (κ3) is 2.85. The summed E-state index contributed by atoms with van der Waals surface area (Å²) in [6.45, 7) is 2.50. The quantitative estimate of drug-likeness (QED) is 0.840. The van der Waals surface area contributed by atoms with Crippen molar-refractivity contribution in [2.75, 3.05) is 7.05 Å². The molecule has 0 aliphatic rings. The van der Waals surface area contributed by atoms with E-state index in [1.807, 2.05) is 35.2 Å². The molecule has 6 heteroatoms. The summed E-state index contributed by atoms with van der Waals surface area (Å²) in [5.41, 5.74) is 4.73. The molecule has 0 bridgehead atoms. The Morgan fingerprint density at radius 3 is 3.00 bits per heavy atom. The lowest BCUT2D eigenvalue weighted by molar-refractivity contribution is -0.123. The topological polar surface area (TPSA) is 72.9 Å².